The second-order valence-corrected chi connectivity index (χ2v) is 3.69. The number of rotatable bonds is 0. The summed E-state index contributed by atoms with van der Waals surface area (Å²) in [5, 5.41) is 8.97. The van der Waals surface area contributed by atoms with Gasteiger partial charge in [0.25, 0.3) is 0 Å². The van der Waals surface area contributed by atoms with Crippen LogP contribution in [0.25, 0.3) is 0 Å². The van der Waals surface area contributed by atoms with E-state index >= 15 is 0 Å². The molecule has 50 valence electrons. The molecule has 0 spiro atoms. The summed E-state index contributed by atoms with van der Waals surface area (Å²) in [6, 6.07) is 0. The third kappa shape index (κ3) is 1.71. The van der Waals surface area contributed by atoms with Crippen LogP contribution in [0.15, 0.2) is 24.0 Å². The number of aliphatic hydroxyl groups excluding tert-OH is 1. The van der Waals surface area contributed by atoms with E-state index in [0.29, 0.717) is 15.6 Å². The maximum Gasteiger partial charge on any atom is 0.111 e. The summed E-state index contributed by atoms with van der Waals surface area (Å²) in [5.74, 6) is 0.867. The Morgan fingerprint density at radius 2 is 2.33 bits per heavy atom. The molecule has 0 heterocycles. The highest BCUT2D eigenvalue weighted by Gasteiger charge is 2.11. The van der Waals surface area contributed by atoms with Crippen LogP contribution in [-0.2, 0) is 0 Å². The van der Waals surface area contributed by atoms with Gasteiger partial charge in [-0.2, -0.15) is 0 Å². The quantitative estimate of drug-likeness (QED) is 0.506. The Morgan fingerprint density at radius 1 is 1.67 bits per heavy atom. The van der Waals surface area contributed by atoms with Crippen molar-refractivity contribution >= 4 is 22.6 Å². The molecule has 0 saturated carbocycles. The second-order valence-electron chi connectivity index (χ2n) is 2.25. The van der Waals surface area contributed by atoms with E-state index in [9.17, 15) is 0 Å². The molecule has 0 aliphatic heterocycles. The predicted molar refractivity (Wildman–Crippen MR) is 46.8 cm³/mol. The molecule has 1 N–H and O–H groups in total. The average molecular weight is 236 g/mol. The highest BCUT2D eigenvalue weighted by molar-refractivity contribution is 14.1. The lowest BCUT2D eigenvalue weighted by Gasteiger charge is -2.14. The molecule has 2 heteroatoms. The first kappa shape index (κ1) is 7.12. The molecule has 0 amide bonds. The molecule has 0 bridgehead atoms. The lowest BCUT2D eigenvalue weighted by Crippen LogP contribution is -2.08. The molecular weight excluding hydrogens is 227 g/mol. The molecule has 0 saturated heterocycles. The third-order valence-corrected chi connectivity index (χ3v) is 2.94. The van der Waals surface area contributed by atoms with E-state index in [1.54, 1.807) is 6.08 Å². The molecule has 9 heavy (non-hydrogen) atoms. The van der Waals surface area contributed by atoms with Gasteiger partial charge in [0.1, 0.15) is 5.76 Å². The maximum absolute atomic E-state index is 8.97. The Morgan fingerprint density at radius 3 is 2.78 bits per heavy atom. The fourth-order valence-electron chi connectivity index (χ4n) is 0.783. The van der Waals surface area contributed by atoms with E-state index in [1.807, 2.05) is 12.2 Å². The van der Waals surface area contributed by atoms with Crippen LogP contribution in [0.2, 0.25) is 0 Å². The zero-order chi connectivity index (χ0) is 6.85. The standard InChI is InChI=1S/C7H9IO/c1-5-4-6(9)2-3-7(5)8/h2-5,7,9H,1H3. The van der Waals surface area contributed by atoms with Gasteiger partial charge in [0.05, 0.1) is 0 Å². The molecule has 2 unspecified atom stereocenters. The van der Waals surface area contributed by atoms with Crippen molar-refractivity contribution in [3.63, 3.8) is 0 Å². The fourth-order valence-corrected chi connectivity index (χ4v) is 1.20. The fraction of sp³-hybridized carbons (Fsp3) is 0.429. The first-order chi connectivity index (χ1) is 4.20. The molecule has 1 aliphatic carbocycles. The van der Waals surface area contributed by atoms with Crippen molar-refractivity contribution in [1.82, 2.24) is 0 Å². The summed E-state index contributed by atoms with van der Waals surface area (Å²) >= 11 is 2.35. The topological polar surface area (TPSA) is 20.2 Å². The summed E-state index contributed by atoms with van der Waals surface area (Å²) < 4.78 is 0.540. The van der Waals surface area contributed by atoms with Crippen LogP contribution < -0.4 is 0 Å². The summed E-state index contributed by atoms with van der Waals surface area (Å²) in [6.07, 6.45) is 5.63. The van der Waals surface area contributed by atoms with E-state index in [1.165, 1.54) is 0 Å². The van der Waals surface area contributed by atoms with Gasteiger partial charge in [0, 0.05) is 3.92 Å². The van der Waals surface area contributed by atoms with E-state index in [-0.39, 0.29) is 0 Å². The molecule has 1 aliphatic rings. The van der Waals surface area contributed by atoms with Crippen LogP contribution in [0.3, 0.4) is 0 Å². The van der Waals surface area contributed by atoms with E-state index in [2.05, 4.69) is 29.5 Å². The summed E-state index contributed by atoms with van der Waals surface area (Å²) in [5.41, 5.74) is 0. The van der Waals surface area contributed by atoms with Crippen molar-refractivity contribution in [3.8, 4) is 0 Å². The van der Waals surface area contributed by atoms with Crippen molar-refractivity contribution in [3.05, 3.63) is 24.0 Å². The number of hydrogen-bond donors (Lipinski definition) is 1. The lowest BCUT2D eigenvalue weighted by molar-refractivity contribution is 0.421. The van der Waals surface area contributed by atoms with Crippen molar-refractivity contribution in [2.24, 2.45) is 5.92 Å². The Kier molecular flexibility index (Phi) is 2.16. The molecule has 0 aromatic rings. The highest BCUT2D eigenvalue weighted by Crippen LogP contribution is 2.21. The molecule has 0 radical (unpaired) electrons. The lowest BCUT2D eigenvalue weighted by atomic mass is 10.0. The molecule has 2 atom stereocenters. The Labute approximate surface area is 68.6 Å². The summed E-state index contributed by atoms with van der Waals surface area (Å²) in [7, 11) is 0. The smallest absolute Gasteiger partial charge is 0.111 e. The molecule has 1 nitrogen and oxygen atoms in total. The minimum atomic E-state index is 0.399. The van der Waals surface area contributed by atoms with Crippen molar-refractivity contribution in [2.75, 3.05) is 0 Å². The molecular formula is C7H9IO. The van der Waals surface area contributed by atoms with Gasteiger partial charge in [-0.25, -0.2) is 0 Å². The maximum atomic E-state index is 8.97. The van der Waals surface area contributed by atoms with Gasteiger partial charge in [-0.05, 0) is 18.1 Å². The monoisotopic (exact) mass is 236 g/mol. The number of allylic oxidation sites excluding steroid dienone is 3. The Balaban J connectivity index is 2.70. The first-order valence-corrected chi connectivity index (χ1v) is 4.18. The van der Waals surface area contributed by atoms with E-state index < -0.39 is 0 Å². The van der Waals surface area contributed by atoms with E-state index in [4.69, 9.17) is 5.11 Å². The third-order valence-electron chi connectivity index (χ3n) is 1.39. The normalized spacial score (nSPS) is 34.2. The second kappa shape index (κ2) is 2.73. The van der Waals surface area contributed by atoms with Gasteiger partial charge in [0.2, 0.25) is 0 Å². The van der Waals surface area contributed by atoms with Crippen LogP contribution in [0.5, 0.6) is 0 Å². The first-order valence-electron chi connectivity index (χ1n) is 2.93. The van der Waals surface area contributed by atoms with Crippen LogP contribution in [-0.4, -0.2) is 9.03 Å². The summed E-state index contributed by atoms with van der Waals surface area (Å²) in [4.78, 5) is 0. The van der Waals surface area contributed by atoms with Gasteiger partial charge in [-0.15, -0.1) is 0 Å². The minimum Gasteiger partial charge on any atom is -0.508 e. The Bertz CT molecular complexity index is 160. The largest absolute Gasteiger partial charge is 0.508 e. The highest BCUT2D eigenvalue weighted by atomic mass is 127. The van der Waals surface area contributed by atoms with Crippen LogP contribution in [0.1, 0.15) is 6.92 Å². The zero-order valence-corrected chi connectivity index (χ0v) is 7.37. The van der Waals surface area contributed by atoms with Crippen molar-refractivity contribution in [1.29, 1.82) is 0 Å². The SMILES string of the molecule is CC1C=C(O)C=CC1I. The summed E-state index contributed by atoms with van der Waals surface area (Å²) in [6.45, 7) is 2.09. The number of alkyl halides is 1. The van der Waals surface area contributed by atoms with Gasteiger partial charge in [-0.1, -0.05) is 35.6 Å². The molecule has 0 aromatic carbocycles. The van der Waals surface area contributed by atoms with Crippen molar-refractivity contribution in [2.45, 2.75) is 10.8 Å². The molecule has 1 rings (SSSR count). The molecule has 0 aromatic heterocycles. The van der Waals surface area contributed by atoms with Gasteiger partial charge in [0.15, 0.2) is 0 Å². The zero-order valence-electron chi connectivity index (χ0n) is 5.21. The van der Waals surface area contributed by atoms with E-state index in [0.717, 1.165) is 0 Å². The van der Waals surface area contributed by atoms with Crippen LogP contribution in [0, 0.1) is 5.92 Å². The van der Waals surface area contributed by atoms with Gasteiger partial charge < -0.3 is 5.11 Å². The number of hydrogen-bond acceptors (Lipinski definition) is 1. The van der Waals surface area contributed by atoms with Crippen LogP contribution >= 0.6 is 22.6 Å². The van der Waals surface area contributed by atoms with Crippen molar-refractivity contribution < 1.29 is 5.11 Å². The van der Waals surface area contributed by atoms with Gasteiger partial charge >= 0.3 is 0 Å². The number of aliphatic hydroxyl groups is 1. The number of halogens is 1. The van der Waals surface area contributed by atoms with Crippen LogP contribution in [0.4, 0.5) is 0 Å². The molecule has 0 fully saturated rings. The Hall–Kier alpha value is 0.01000. The average Bonchev–Trinajstić information content (AvgIpc) is 1.80. The predicted octanol–water partition coefficient (Wildman–Crippen LogP) is 2.44. The minimum absolute atomic E-state index is 0.399. The van der Waals surface area contributed by atoms with Gasteiger partial charge in [-0.3, -0.25) is 0 Å².